The molecule has 2 atom stereocenters. The van der Waals surface area contributed by atoms with Crippen LogP contribution in [0.3, 0.4) is 0 Å². The van der Waals surface area contributed by atoms with E-state index in [-0.39, 0.29) is 17.1 Å². The van der Waals surface area contributed by atoms with Crippen LogP contribution >= 0.6 is 11.6 Å². The largest absolute Gasteiger partial charge is 0.319 e. The zero-order valence-corrected chi connectivity index (χ0v) is 11.8. The monoisotopic (exact) mass is 282 g/mol. The van der Waals surface area contributed by atoms with Gasteiger partial charge in [0.2, 0.25) is 0 Å². The van der Waals surface area contributed by atoms with Gasteiger partial charge < -0.3 is 9.88 Å². The van der Waals surface area contributed by atoms with Crippen LogP contribution < -0.4 is 5.32 Å². The van der Waals surface area contributed by atoms with E-state index in [9.17, 15) is 4.39 Å². The molecule has 0 saturated carbocycles. The number of aryl methyl sites for hydroxylation is 1. The summed E-state index contributed by atoms with van der Waals surface area (Å²) in [6, 6.07) is 4.81. The Kier molecular flexibility index (Phi) is 4.17. The van der Waals surface area contributed by atoms with E-state index in [4.69, 9.17) is 11.6 Å². The Morgan fingerprint density at radius 3 is 2.63 bits per heavy atom. The van der Waals surface area contributed by atoms with Crippen molar-refractivity contribution in [3.05, 3.63) is 46.8 Å². The smallest absolute Gasteiger partial charge is 0.149 e. The van der Waals surface area contributed by atoms with E-state index in [0.717, 1.165) is 11.4 Å². The predicted molar refractivity (Wildman–Crippen MR) is 72.4 cm³/mol. The lowest BCUT2D eigenvalue weighted by atomic mass is 10.1. The van der Waals surface area contributed by atoms with Crippen molar-refractivity contribution in [3.63, 3.8) is 0 Å². The summed E-state index contributed by atoms with van der Waals surface area (Å²) in [5, 5.41) is 11.4. The second-order valence-electron chi connectivity index (χ2n) is 4.58. The van der Waals surface area contributed by atoms with Crippen LogP contribution in [0.4, 0.5) is 4.39 Å². The lowest BCUT2D eigenvalue weighted by molar-refractivity contribution is 0.465. The summed E-state index contributed by atoms with van der Waals surface area (Å²) in [4.78, 5) is 0. The van der Waals surface area contributed by atoms with Crippen molar-refractivity contribution < 1.29 is 4.39 Å². The number of hydrogen-bond acceptors (Lipinski definition) is 3. The van der Waals surface area contributed by atoms with Crippen molar-refractivity contribution in [2.75, 3.05) is 0 Å². The summed E-state index contributed by atoms with van der Waals surface area (Å²) in [7, 11) is 1.90. The molecule has 6 heteroatoms. The highest BCUT2D eigenvalue weighted by atomic mass is 35.5. The summed E-state index contributed by atoms with van der Waals surface area (Å²) in [5.74, 6) is 0.444. The lowest BCUT2D eigenvalue weighted by Gasteiger charge is -2.20. The molecular formula is C13H16ClFN4. The predicted octanol–water partition coefficient (Wildman–Crippen LogP) is 3.02. The number of hydrogen-bond donors (Lipinski definition) is 1. The second kappa shape index (κ2) is 5.67. The fraction of sp³-hybridized carbons (Fsp3) is 0.385. The maximum Gasteiger partial charge on any atom is 0.149 e. The molecule has 4 nitrogen and oxygen atoms in total. The highest BCUT2D eigenvalue weighted by Gasteiger charge is 2.15. The Morgan fingerprint density at radius 1 is 1.32 bits per heavy atom. The minimum absolute atomic E-state index is 0.0322. The van der Waals surface area contributed by atoms with Gasteiger partial charge in [-0.3, -0.25) is 0 Å². The van der Waals surface area contributed by atoms with Gasteiger partial charge in [0.25, 0.3) is 0 Å². The van der Waals surface area contributed by atoms with E-state index in [1.165, 1.54) is 6.07 Å². The number of rotatable bonds is 4. The Labute approximate surface area is 116 Å². The average molecular weight is 283 g/mol. The van der Waals surface area contributed by atoms with Crippen LogP contribution in [0.5, 0.6) is 0 Å². The third-order valence-electron chi connectivity index (χ3n) is 3.08. The summed E-state index contributed by atoms with van der Waals surface area (Å²) >= 11 is 5.79. The lowest BCUT2D eigenvalue weighted by Crippen LogP contribution is -2.24. The average Bonchev–Trinajstić information content (AvgIpc) is 2.79. The van der Waals surface area contributed by atoms with Crippen molar-refractivity contribution in [1.29, 1.82) is 0 Å². The fourth-order valence-electron chi connectivity index (χ4n) is 2.01. The minimum atomic E-state index is -0.404. The third kappa shape index (κ3) is 3.11. The van der Waals surface area contributed by atoms with E-state index >= 15 is 0 Å². The maximum absolute atomic E-state index is 13.1. The van der Waals surface area contributed by atoms with Gasteiger partial charge in [-0.15, -0.1) is 10.2 Å². The zero-order valence-electron chi connectivity index (χ0n) is 11.1. The molecule has 102 valence electrons. The Bertz CT molecular complexity index is 570. The molecule has 0 radical (unpaired) electrons. The van der Waals surface area contributed by atoms with E-state index in [0.29, 0.717) is 0 Å². The van der Waals surface area contributed by atoms with Crippen LogP contribution in [0, 0.1) is 5.82 Å². The van der Waals surface area contributed by atoms with Gasteiger partial charge in [-0.2, -0.15) is 0 Å². The molecule has 19 heavy (non-hydrogen) atoms. The van der Waals surface area contributed by atoms with Crippen molar-refractivity contribution in [1.82, 2.24) is 20.1 Å². The molecule has 1 aromatic carbocycles. The van der Waals surface area contributed by atoms with Gasteiger partial charge >= 0.3 is 0 Å². The fourth-order valence-corrected chi connectivity index (χ4v) is 2.20. The third-order valence-corrected chi connectivity index (χ3v) is 3.37. The highest BCUT2D eigenvalue weighted by molar-refractivity contribution is 6.30. The first kappa shape index (κ1) is 14.0. The highest BCUT2D eigenvalue weighted by Crippen LogP contribution is 2.22. The van der Waals surface area contributed by atoms with Crippen molar-refractivity contribution in [3.8, 4) is 0 Å². The van der Waals surface area contributed by atoms with Gasteiger partial charge in [-0.1, -0.05) is 17.7 Å². The van der Waals surface area contributed by atoms with Crippen molar-refractivity contribution in [2.45, 2.75) is 25.9 Å². The Hall–Kier alpha value is -1.46. The normalized spacial score (nSPS) is 14.4. The molecule has 0 aliphatic carbocycles. The molecule has 2 unspecified atom stereocenters. The van der Waals surface area contributed by atoms with Crippen LogP contribution in [-0.2, 0) is 7.05 Å². The SMILES string of the molecule is CC(NC(C)c1nncn1C)c1ccc(F)c(Cl)c1. The molecular weight excluding hydrogens is 267 g/mol. The van der Waals surface area contributed by atoms with E-state index in [2.05, 4.69) is 15.5 Å². The van der Waals surface area contributed by atoms with Crippen LogP contribution in [0.2, 0.25) is 5.02 Å². The standard InChI is InChI=1S/C13H16ClFN4/c1-8(10-4-5-12(15)11(14)6-10)17-9(2)13-18-16-7-19(13)3/h4-9,17H,1-3H3. The molecule has 0 aliphatic rings. The topological polar surface area (TPSA) is 42.7 Å². The summed E-state index contributed by atoms with van der Waals surface area (Å²) < 4.78 is 15.0. The molecule has 2 aromatic rings. The van der Waals surface area contributed by atoms with E-state index in [1.54, 1.807) is 18.5 Å². The van der Waals surface area contributed by atoms with Gasteiger partial charge in [0, 0.05) is 13.1 Å². The van der Waals surface area contributed by atoms with Gasteiger partial charge in [0.15, 0.2) is 0 Å². The zero-order chi connectivity index (χ0) is 14.0. The Morgan fingerprint density at radius 2 is 2.05 bits per heavy atom. The number of nitrogens with zero attached hydrogens (tertiary/aromatic N) is 3. The Balaban J connectivity index is 2.10. The van der Waals surface area contributed by atoms with Gasteiger partial charge in [-0.25, -0.2) is 4.39 Å². The quantitative estimate of drug-likeness (QED) is 0.937. The molecule has 1 heterocycles. The molecule has 0 bridgehead atoms. The first-order valence-electron chi connectivity index (χ1n) is 6.04. The van der Waals surface area contributed by atoms with Crippen LogP contribution in [0.15, 0.2) is 24.5 Å². The minimum Gasteiger partial charge on any atom is -0.319 e. The van der Waals surface area contributed by atoms with Crippen LogP contribution in [-0.4, -0.2) is 14.8 Å². The second-order valence-corrected chi connectivity index (χ2v) is 4.99. The molecule has 1 aromatic heterocycles. The molecule has 0 amide bonds. The number of halogens is 2. The van der Waals surface area contributed by atoms with Gasteiger partial charge in [0.05, 0.1) is 11.1 Å². The van der Waals surface area contributed by atoms with E-state index < -0.39 is 5.82 Å². The molecule has 1 N–H and O–H groups in total. The summed E-state index contributed by atoms with van der Waals surface area (Å²) in [6.07, 6.45) is 1.66. The molecule has 0 saturated heterocycles. The van der Waals surface area contributed by atoms with Gasteiger partial charge in [0.1, 0.15) is 18.0 Å². The molecule has 0 aliphatic heterocycles. The van der Waals surface area contributed by atoms with Crippen molar-refractivity contribution in [2.24, 2.45) is 7.05 Å². The first-order valence-corrected chi connectivity index (χ1v) is 6.41. The number of benzene rings is 1. The first-order chi connectivity index (χ1) is 8.99. The summed E-state index contributed by atoms with van der Waals surface area (Å²) in [5.41, 5.74) is 0.931. The molecule has 2 rings (SSSR count). The number of nitrogens with one attached hydrogen (secondary N) is 1. The maximum atomic E-state index is 13.1. The van der Waals surface area contributed by atoms with E-state index in [1.807, 2.05) is 25.5 Å². The van der Waals surface area contributed by atoms with Crippen LogP contribution in [0.1, 0.15) is 37.3 Å². The van der Waals surface area contributed by atoms with Crippen LogP contribution in [0.25, 0.3) is 0 Å². The van der Waals surface area contributed by atoms with Gasteiger partial charge in [-0.05, 0) is 31.5 Å². The van der Waals surface area contributed by atoms with Crippen molar-refractivity contribution >= 4 is 11.6 Å². The molecule has 0 fully saturated rings. The molecule has 0 spiro atoms. The number of aromatic nitrogens is 3. The summed E-state index contributed by atoms with van der Waals surface area (Å²) in [6.45, 7) is 4.00.